The molecule has 29 heavy (non-hydrogen) atoms. The minimum absolute atomic E-state index is 0.0286. The fraction of sp³-hybridized carbons (Fsp3) is 0.190. The van der Waals surface area contributed by atoms with Gasteiger partial charge in [-0.3, -0.25) is 4.79 Å². The van der Waals surface area contributed by atoms with Gasteiger partial charge < -0.3 is 23.7 Å². The van der Waals surface area contributed by atoms with Crippen molar-refractivity contribution in [1.29, 1.82) is 0 Å². The molecule has 0 amide bonds. The van der Waals surface area contributed by atoms with Crippen LogP contribution in [0.1, 0.15) is 6.92 Å². The maximum Gasteiger partial charge on any atom is 0.267 e. The lowest BCUT2D eigenvalue weighted by atomic mass is 10.1. The molecule has 0 radical (unpaired) electrons. The maximum atomic E-state index is 13.0. The van der Waals surface area contributed by atoms with Crippen LogP contribution in [0.3, 0.4) is 0 Å². The molecule has 8 heteroatoms. The van der Waals surface area contributed by atoms with Crippen molar-refractivity contribution in [2.75, 3.05) is 14.2 Å². The van der Waals surface area contributed by atoms with Crippen molar-refractivity contribution >= 4 is 10.9 Å². The molecule has 0 saturated heterocycles. The lowest BCUT2D eigenvalue weighted by molar-refractivity contribution is 0.394. The first-order valence-corrected chi connectivity index (χ1v) is 8.99. The van der Waals surface area contributed by atoms with Crippen molar-refractivity contribution in [2.24, 2.45) is 0 Å². The molecule has 0 unspecified atom stereocenters. The third kappa shape index (κ3) is 3.08. The number of aromatic nitrogens is 3. The Balaban J connectivity index is 1.90. The van der Waals surface area contributed by atoms with Crippen LogP contribution in [0.15, 0.2) is 51.8 Å². The summed E-state index contributed by atoms with van der Waals surface area (Å²) < 4.78 is 17.4. The van der Waals surface area contributed by atoms with E-state index < -0.39 is 5.56 Å². The highest BCUT2D eigenvalue weighted by Gasteiger charge is 2.23. The molecule has 0 aliphatic rings. The quantitative estimate of drug-likeness (QED) is 0.554. The van der Waals surface area contributed by atoms with Crippen LogP contribution in [0.2, 0.25) is 0 Å². The topological polar surface area (TPSA) is 99.6 Å². The molecule has 0 atom stereocenters. The monoisotopic (exact) mass is 393 g/mol. The SMILES string of the molecule is CCn1c(=O)c(-c2nc(-c3cc(OC)cc(OC)c3)no2)c(O)c2ccccc21. The summed E-state index contributed by atoms with van der Waals surface area (Å²) in [6.45, 7) is 2.29. The van der Waals surface area contributed by atoms with Crippen molar-refractivity contribution in [1.82, 2.24) is 14.7 Å². The number of pyridine rings is 1. The van der Waals surface area contributed by atoms with Crippen LogP contribution in [-0.2, 0) is 6.54 Å². The van der Waals surface area contributed by atoms with E-state index in [2.05, 4.69) is 10.1 Å². The van der Waals surface area contributed by atoms with Crippen LogP contribution in [-0.4, -0.2) is 34.0 Å². The summed E-state index contributed by atoms with van der Waals surface area (Å²) in [4.78, 5) is 17.4. The molecule has 0 bridgehead atoms. The van der Waals surface area contributed by atoms with E-state index in [1.807, 2.05) is 13.0 Å². The number of hydrogen-bond acceptors (Lipinski definition) is 7. The molecule has 0 fully saturated rings. The highest BCUT2D eigenvalue weighted by molar-refractivity contribution is 5.91. The summed E-state index contributed by atoms with van der Waals surface area (Å²) in [7, 11) is 3.08. The van der Waals surface area contributed by atoms with Gasteiger partial charge in [-0.25, -0.2) is 0 Å². The van der Waals surface area contributed by atoms with Gasteiger partial charge in [0.2, 0.25) is 5.82 Å². The minimum Gasteiger partial charge on any atom is -0.506 e. The molecule has 0 saturated carbocycles. The molecule has 0 spiro atoms. The molecule has 8 nitrogen and oxygen atoms in total. The molecule has 2 heterocycles. The zero-order valence-electron chi connectivity index (χ0n) is 16.2. The molecule has 2 aromatic heterocycles. The number of methoxy groups -OCH3 is 2. The van der Waals surface area contributed by atoms with E-state index in [4.69, 9.17) is 14.0 Å². The fourth-order valence-corrected chi connectivity index (χ4v) is 3.28. The second-order valence-electron chi connectivity index (χ2n) is 6.31. The Hall–Kier alpha value is -3.81. The van der Waals surface area contributed by atoms with E-state index in [9.17, 15) is 9.90 Å². The minimum atomic E-state index is -0.401. The number of fused-ring (bicyclic) bond motifs is 1. The van der Waals surface area contributed by atoms with Crippen LogP contribution >= 0.6 is 0 Å². The van der Waals surface area contributed by atoms with Crippen molar-refractivity contribution in [3.63, 3.8) is 0 Å². The van der Waals surface area contributed by atoms with Gasteiger partial charge in [-0.2, -0.15) is 4.98 Å². The lowest BCUT2D eigenvalue weighted by Crippen LogP contribution is -2.21. The molecule has 0 aliphatic carbocycles. The Labute approximate surface area is 165 Å². The first-order chi connectivity index (χ1) is 14.1. The number of aryl methyl sites for hydroxylation is 1. The molecular weight excluding hydrogens is 374 g/mol. The highest BCUT2D eigenvalue weighted by atomic mass is 16.5. The predicted molar refractivity (Wildman–Crippen MR) is 107 cm³/mol. The molecule has 4 rings (SSSR count). The summed E-state index contributed by atoms with van der Waals surface area (Å²) in [6, 6.07) is 12.3. The number of nitrogens with zero attached hydrogens (tertiary/aromatic N) is 3. The molecular formula is C21H19N3O5. The number of aromatic hydroxyl groups is 1. The van der Waals surface area contributed by atoms with E-state index >= 15 is 0 Å². The van der Waals surface area contributed by atoms with Crippen LogP contribution in [0, 0.1) is 0 Å². The van der Waals surface area contributed by atoms with Gasteiger partial charge in [0.25, 0.3) is 11.4 Å². The standard InChI is InChI=1S/C21H19N3O5/c1-4-24-16-8-6-5-7-15(16)18(25)17(21(24)26)20-22-19(23-29-20)12-9-13(27-2)11-14(10-12)28-3/h5-11,25H,4H2,1-3H3. The van der Waals surface area contributed by atoms with Crippen LogP contribution < -0.4 is 15.0 Å². The summed E-state index contributed by atoms with van der Waals surface area (Å²) in [5, 5.41) is 15.3. The number of benzene rings is 2. The van der Waals surface area contributed by atoms with Crippen molar-refractivity contribution in [3.8, 4) is 40.1 Å². The third-order valence-electron chi connectivity index (χ3n) is 4.71. The zero-order chi connectivity index (χ0) is 20.5. The van der Waals surface area contributed by atoms with Gasteiger partial charge in [-0.05, 0) is 31.2 Å². The lowest BCUT2D eigenvalue weighted by Gasteiger charge is -2.11. The van der Waals surface area contributed by atoms with E-state index in [-0.39, 0.29) is 23.0 Å². The number of ether oxygens (including phenoxy) is 2. The van der Waals surface area contributed by atoms with Crippen molar-refractivity contribution in [3.05, 3.63) is 52.8 Å². The second kappa shape index (κ2) is 7.31. The van der Waals surface area contributed by atoms with Crippen LogP contribution in [0.5, 0.6) is 17.2 Å². The average Bonchev–Trinajstić information content (AvgIpc) is 3.23. The van der Waals surface area contributed by atoms with E-state index in [1.54, 1.807) is 55.2 Å². The second-order valence-corrected chi connectivity index (χ2v) is 6.31. The van der Waals surface area contributed by atoms with Crippen LogP contribution in [0.25, 0.3) is 33.7 Å². The van der Waals surface area contributed by atoms with Crippen molar-refractivity contribution < 1.29 is 19.1 Å². The van der Waals surface area contributed by atoms with Gasteiger partial charge in [0.1, 0.15) is 22.8 Å². The first-order valence-electron chi connectivity index (χ1n) is 8.99. The van der Waals surface area contributed by atoms with Gasteiger partial charge >= 0.3 is 0 Å². The Kier molecular flexibility index (Phi) is 4.67. The van der Waals surface area contributed by atoms with E-state index in [1.165, 1.54) is 0 Å². The Morgan fingerprint density at radius 2 is 1.79 bits per heavy atom. The number of rotatable bonds is 5. The molecule has 148 valence electrons. The van der Waals surface area contributed by atoms with Crippen LogP contribution in [0.4, 0.5) is 0 Å². The molecule has 4 aromatic rings. The Morgan fingerprint density at radius 1 is 1.10 bits per heavy atom. The summed E-state index contributed by atoms with van der Waals surface area (Å²) >= 11 is 0. The maximum absolute atomic E-state index is 13.0. The number of para-hydroxylation sites is 1. The Bertz CT molecular complexity index is 1240. The van der Waals surface area contributed by atoms with Gasteiger partial charge in [0, 0.05) is 23.6 Å². The average molecular weight is 393 g/mol. The van der Waals surface area contributed by atoms with Gasteiger partial charge in [0.15, 0.2) is 0 Å². The highest BCUT2D eigenvalue weighted by Crippen LogP contribution is 2.34. The number of hydrogen-bond donors (Lipinski definition) is 1. The molecule has 1 N–H and O–H groups in total. The first kappa shape index (κ1) is 18.5. The zero-order valence-corrected chi connectivity index (χ0v) is 16.2. The normalized spacial score (nSPS) is 11.0. The van der Waals surface area contributed by atoms with Gasteiger partial charge in [0.05, 0.1) is 19.7 Å². The molecule has 0 aliphatic heterocycles. The summed E-state index contributed by atoms with van der Waals surface area (Å²) in [5.41, 5.74) is 0.798. The largest absolute Gasteiger partial charge is 0.506 e. The molecule has 2 aromatic carbocycles. The smallest absolute Gasteiger partial charge is 0.267 e. The van der Waals surface area contributed by atoms with Crippen molar-refractivity contribution in [2.45, 2.75) is 13.5 Å². The summed E-state index contributed by atoms with van der Waals surface area (Å²) in [5.74, 6) is 1.12. The third-order valence-corrected chi connectivity index (χ3v) is 4.71. The van der Waals surface area contributed by atoms with E-state index in [0.29, 0.717) is 34.5 Å². The predicted octanol–water partition coefficient (Wildman–Crippen LogP) is 3.46. The van der Waals surface area contributed by atoms with Gasteiger partial charge in [-0.15, -0.1) is 0 Å². The van der Waals surface area contributed by atoms with E-state index in [0.717, 1.165) is 0 Å². The summed E-state index contributed by atoms with van der Waals surface area (Å²) in [6.07, 6.45) is 0. The van der Waals surface area contributed by atoms with Gasteiger partial charge in [-0.1, -0.05) is 17.3 Å². The Morgan fingerprint density at radius 3 is 2.45 bits per heavy atom. The fourth-order valence-electron chi connectivity index (χ4n) is 3.28.